The van der Waals surface area contributed by atoms with Gasteiger partial charge in [0.15, 0.2) is 5.96 Å². The van der Waals surface area contributed by atoms with Crippen LogP contribution in [0.15, 0.2) is 59.6 Å². The predicted molar refractivity (Wildman–Crippen MR) is 105 cm³/mol. The molecule has 0 heterocycles. The van der Waals surface area contributed by atoms with Crippen LogP contribution in [0.25, 0.3) is 0 Å². The Balaban J connectivity index is 1.43. The Labute approximate surface area is 155 Å². The average molecular weight is 353 g/mol. The molecule has 0 aromatic heterocycles. The standard InChI is InChI=1S/C21H27N3O2/c1-22-21(23-20-15-19(20)16-7-5-4-6-8-16)24(2)13-14-26-18-11-9-17(25-3)10-12-18/h4-12,19-20H,13-15H2,1-3H3,(H,22,23). The summed E-state index contributed by atoms with van der Waals surface area (Å²) in [5, 5.41) is 3.56. The Bertz CT molecular complexity index is 716. The van der Waals surface area contributed by atoms with Gasteiger partial charge >= 0.3 is 0 Å². The van der Waals surface area contributed by atoms with Gasteiger partial charge in [-0.3, -0.25) is 4.99 Å². The summed E-state index contributed by atoms with van der Waals surface area (Å²) in [4.78, 5) is 6.51. The van der Waals surface area contributed by atoms with Crippen LogP contribution in [0.3, 0.4) is 0 Å². The van der Waals surface area contributed by atoms with Crippen LogP contribution < -0.4 is 14.8 Å². The van der Waals surface area contributed by atoms with Gasteiger partial charge in [0.2, 0.25) is 0 Å². The molecule has 5 heteroatoms. The molecule has 1 saturated carbocycles. The number of likely N-dealkylation sites (N-methyl/N-ethyl adjacent to an activating group) is 1. The van der Waals surface area contributed by atoms with Crippen molar-refractivity contribution in [3.63, 3.8) is 0 Å². The molecule has 5 nitrogen and oxygen atoms in total. The van der Waals surface area contributed by atoms with E-state index in [1.807, 2.05) is 38.4 Å². The summed E-state index contributed by atoms with van der Waals surface area (Å²) in [5.74, 6) is 3.16. The SMILES string of the molecule is CN=C(NC1CC1c1ccccc1)N(C)CCOc1ccc(OC)cc1. The van der Waals surface area contributed by atoms with Crippen molar-refractivity contribution in [3.8, 4) is 11.5 Å². The van der Waals surface area contributed by atoms with E-state index in [1.54, 1.807) is 7.11 Å². The van der Waals surface area contributed by atoms with Gasteiger partial charge in [0.25, 0.3) is 0 Å². The fourth-order valence-corrected chi connectivity index (χ4v) is 3.01. The van der Waals surface area contributed by atoms with Gasteiger partial charge in [-0.1, -0.05) is 30.3 Å². The maximum atomic E-state index is 5.80. The Hall–Kier alpha value is -2.69. The summed E-state index contributed by atoms with van der Waals surface area (Å²) >= 11 is 0. The summed E-state index contributed by atoms with van der Waals surface area (Å²) in [6, 6.07) is 18.7. The number of benzene rings is 2. The van der Waals surface area contributed by atoms with Crippen molar-refractivity contribution < 1.29 is 9.47 Å². The maximum absolute atomic E-state index is 5.80. The van der Waals surface area contributed by atoms with Gasteiger partial charge in [0.1, 0.15) is 18.1 Å². The van der Waals surface area contributed by atoms with E-state index in [-0.39, 0.29) is 0 Å². The Morgan fingerprint density at radius 1 is 1.12 bits per heavy atom. The third kappa shape index (κ3) is 4.69. The predicted octanol–water partition coefficient (Wildman–Crippen LogP) is 3.14. The molecule has 0 radical (unpaired) electrons. The second-order valence-electron chi connectivity index (χ2n) is 6.50. The number of guanidine groups is 1. The van der Waals surface area contributed by atoms with Crippen molar-refractivity contribution in [2.45, 2.75) is 18.4 Å². The molecule has 0 spiro atoms. The lowest BCUT2D eigenvalue weighted by atomic mass is 10.1. The van der Waals surface area contributed by atoms with Crippen LogP contribution in [0.4, 0.5) is 0 Å². The van der Waals surface area contributed by atoms with Crippen LogP contribution in [-0.4, -0.2) is 51.3 Å². The minimum Gasteiger partial charge on any atom is -0.497 e. The van der Waals surface area contributed by atoms with Crippen molar-refractivity contribution in [1.82, 2.24) is 10.2 Å². The fourth-order valence-electron chi connectivity index (χ4n) is 3.01. The first-order valence-corrected chi connectivity index (χ1v) is 8.97. The van der Waals surface area contributed by atoms with Crippen molar-refractivity contribution in [3.05, 3.63) is 60.2 Å². The van der Waals surface area contributed by atoms with Gasteiger partial charge in [0.05, 0.1) is 13.7 Å². The van der Waals surface area contributed by atoms with E-state index in [0.717, 1.165) is 30.4 Å². The van der Waals surface area contributed by atoms with Gasteiger partial charge in [0, 0.05) is 26.1 Å². The zero-order valence-electron chi connectivity index (χ0n) is 15.7. The molecule has 3 rings (SSSR count). The zero-order valence-corrected chi connectivity index (χ0v) is 15.7. The molecule has 26 heavy (non-hydrogen) atoms. The van der Waals surface area contributed by atoms with Gasteiger partial charge in [-0.2, -0.15) is 0 Å². The van der Waals surface area contributed by atoms with Crippen LogP contribution in [0.5, 0.6) is 11.5 Å². The highest BCUT2D eigenvalue weighted by Crippen LogP contribution is 2.40. The summed E-state index contributed by atoms with van der Waals surface area (Å²) in [6.45, 7) is 1.35. The molecule has 0 aliphatic heterocycles. The van der Waals surface area contributed by atoms with Crippen molar-refractivity contribution >= 4 is 5.96 Å². The molecular formula is C21H27N3O2. The second kappa shape index (κ2) is 8.61. The largest absolute Gasteiger partial charge is 0.497 e. The van der Waals surface area contributed by atoms with Crippen molar-refractivity contribution in [2.24, 2.45) is 4.99 Å². The Kier molecular flexibility index (Phi) is 6.00. The van der Waals surface area contributed by atoms with E-state index in [1.165, 1.54) is 5.56 Å². The molecule has 1 aliphatic carbocycles. The third-order valence-electron chi connectivity index (χ3n) is 4.66. The van der Waals surface area contributed by atoms with Gasteiger partial charge in [-0.25, -0.2) is 0 Å². The van der Waals surface area contributed by atoms with Crippen molar-refractivity contribution in [2.75, 3.05) is 34.4 Å². The number of methoxy groups -OCH3 is 1. The molecule has 0 bridgehead atoms. The highest BCUT2D eigenvalue weighted by atomic mass is 16.5. The number of rotatable bonds is 7. The number of nitrogens with one attached hydrogen (secondary N) is 1. The Morgan fingerprint density at radius 3 is 2.46 bits per heavy atom. The quantitative estimate of drug-likeness (QED) is 0.614. The van der Waals surface area contributed by atoms with Gasteiger partial charge in [-0.05, 0) is 36.2 Å². The molecule has 1 N–H and O–H groups in total. The van der Waals surface area contributed by atoms with E-state index >= 15 is 0 Å². The molecule has 2 unspecified atom stereocenters. The lowest BCUT2D eigenvalue weighted by Gasteiger charge is -2.22. The molecule has 0 saturated heterocycles. The summed E-state index contributed by atoms with van der Waals surface area (Å²) < 4.78 is 11.0. The molecule has 2 aromatic carbocycles. The monoisotopic (exact) mass is 353 g/mol. The molecule has 2 aromatic rings. The molecule has 0 amide bonds. The second-order valence-corrected chi connectivity index (χ2v) is 6.50. The summed E-state index contributed by atoms with van der Waals surface area (Å²) in [7, 11) is 5.52. The minimum absolute atomic E-state index is 0.459. The lowest BCUT2D eigenvalue weighted by Crippen LogP contribution is -2.42. The Morgan fingerprint density at radius 2 is 1.81 bits per heavy atom. The van der Waals surface area contributed by atoms with E-state index in [0.29, 0.717) is 18.6 Å². The minimum atomic E-state index is 0.459. The number of hydrogen-bond acceptors (Lipinski definition) is 3. The normalized spacial score (nSPS) is 19.0. The van der Waals surface area contributed by atoms with Crippen molar-refractivity contribution in [1.29, 1.82) is 0 Å². The van der Waals surface area contributed by atoms with E-state index < -0.39 is 0 Å². The summed E-state index contributed by atoms with van der Waals surface area (Å²) in [5.41, 5.74) is 1.39. The highest BCUT2D eigenvalue weighted by molar-refractivity contribution is 5.80. The van der Waals surface area contributed by atoms with E-state index in [2.05, 4.69) is 45.5 Å². The van der Waals surface area contributed by atoms with Gasteiger partial charge < -0.3 is 19.7 Å². The molecule has 1 fully saturated rings. The molecule has 138 valence electrons. The number of aliphatic imine (C=N–C) groups is 1. The van der Waals surface area contributed by atoms with E-state index in [9.17, 15) is 0 Å². The molecule has 1 aliphatic rings. The van der Waals surface area contributed by atoms with Crippen LogP contribution in [0.1, 0.15) is 17.9 Å². The third-order valence-corrected chi connectivity index (χ3v) is 4.66. The smallest absolute Gasteiger partial charge is 0.193 e. The summed E-state index contributed by atoms with van der Waals surface area (Å²) in [6.07, 6.45) is 1.15. The topological polar surface area (TPSA) is 46.1 Å². The van der Waals surface area contributed by atoms with Crippen LogP contribution in [0, 0.1) is 0 Å². The maximum Gasteiger partial charge on any atom is 0.193 e. The van der Waals surface area contributed by atoms with Gasteiger partial charge in [-0.15, -0.1) is 0 Å². The fraction of sp³-hybridized carbons (Fsp3) is 0.381. The van der Waals surface area contributed by atoms with Crippen LogP contribution in [0.2, 0.25) is 0 Å². The number of ether oxygens (including phenoxy) is 2. The molecule has 2 atom stereocenters. The first-order valence-electron chi connectivity index (χ1n) is 8.97. The average Bonchev–Trinajstić information content (AvgIpc) is 3.46. The number of hydrogen-bond donors (Lipinski definition) is 1. The first kappa shape index (κ1) is 18.1. The number of nitrogens with zero attached hydrogens (tertiary/aromatic N) is 2. The van der Waals surface area contributed by atoms with Crippen LogP contribution >= 0.6 is 0 Å². The zero-order chi connectivity index (χ0) is 18.4. The first-order chi connectivity index (χ1) is 12.7. The van der Waals surface area contributed by atoms with E-state index in [4.69, 9.17) is 9.47 Å². The molecular weight excluding hydrogens is 326 g/mol. The van der Waals surface area contributed by atoms with Crippen LogP contribution in [-0.2, 0) is 0 Å². The lowest BCUT2D eigenvalue weighted by molar-refractivity contribution is 0.281. The highest BCUT2D eigenvalue weighted by Gasteiger charge is 2.39.